The topological polar surface area (TPSA) is 57.6 Å². The van der Waals surface area contributed by atoms with Gasteiger partial charge in [0.2, 0.25) is 0 Å². The minimum absolute atomic E-state index is 0.0238. The average molecular weight is 453 g/mol. The van der Waals surface area contributed by atoms with Crippen molar-refractivity contribution in [3.8, 4) is 0 Å². The fraction of sp³-hybridized carbons (Fsp3) is 0.423. The van der Waals surface area contributed by atoms with E-state index in [1.807, 2.05) is 42.9 Å². The number of rotatable bonds is 9. The monoisotopic (exact) mass is 452 g/mol. The van der Waals surface area contributed by atoms with Gasteiger partial charge in [-0.15, -0.1) is 11.3 Å². The molecule has 0 bridgehead atoms. The number of nitrogens with zero attached hydrogens (tertiary/aromatic N) is 3. The van der Waals surface area contributed by atoms with Gasteiger partial charge in [-0.05, 0) is 55.7 Å². The Morgan fingerprint density at radius 3 is 2.53 bits per heavy atom. The molecule has 0 aliphatic carbocycles. The lowest BCUT2D eigenvalue weighted by molar-refractivity contribution is -0.103. The number of carbonyl (C=O) groups excluding carboxylic acids is 1. The SMILES string of the molecule is CCN(C)C=Nc1cc(C)c(Cc2nc(/C(C=O)=C/C=C(\NC)C(C)(C)C)cs2)cc1C. The second-order valence-corrected chi connectivity index (χ2v) is 9.95. The lowest BCUT2D eigenvalue weighted by Gasteiger charge is -2.22. The maximum absolute atomic E-state index is 11.7. The van der Waals surface area contributed by atoms with Gasteiger partial charge in [0, 0.05) is 49.1 Å². The predicted octanol–water partition coefficient (Wildman–Crippen LogP) is 5.69. The van der Waals surface area contributed by atoms with Gasteiger partial charge in [-0.3, -0.25) is 4.79 Å². The van der Waals surface area contributed by atoms with Crippen molar-refractivity contribution in [1.29, 1.82) is 0 Å². The number of aryl methyl sites for hydroxylation is 2. The van der Waals surface area contributed by atoms with Gasteiger partial charge in [0.15, 0.2) is 6.29 Å². The summed E-state index contributed by atoms with van der Waals surface area (Å²) in [5, 5.41) is 6.17. The van der Waals surface area contributed by atoms with Gasteiger partial charge in [0.1, 0.15) is 0 Å². The molecule has 0 amide bonds. The van der Waals surface area contributed by atoms with Crippen LogP contribution in [0.5, 0.6) is 0 Å². The third kappa shape index (κ3) is 6.89. The molecule has 172 valence electrons. The highest BCUT2D eigenvalue weighted by atomic mass is 32.1. The predicted molar refractivity (Wildman–Crippen MR) is 138 cm³/mol. The van der Waals surface area contributed by atoms with Crippen LogP contribution in [0.25, 0.3) is 5.57 Å². The van der Waals surface area contributed by atoms with Crippen molar-refractivity contribution in [3.63, 3.8) is 0 Å². The highest BCUT2D eigenvalue weighted by Gasteiger charge is 2.15. The minimum atomic E-state index is -0.0238. The molecule has 0 atom stereocenters. The van der Waals surface area contributed by atoms with Crippen molar-refractivity contribution in [2.45, 2.75) is 48.0 Å². The van der Waals surface area contributed by atoms with E-state index < -0.39 is 0 Å². The summed E-state index contributed by atoms with van der Waals surface area (Å²) >= 11 is 1.59. The van der Waals surface area contributed by atoms with E-state index in [1.54, 1.807) is 11.3 Å². The molecular formula is C26H36N4OS. The average Bonchev–Trinajstić information content (AvgIpc) is 3.19. The number of benzene rings is 1. The van der Waals surface area contributed by atoms with Gasteiger partial charge in [0.25, 0.3) is 0 Å². The molecule has 32 heavy (non-hydrogen) atoms. The molecule has 0 unspecified atom stereocenters. The van der Waals surface area contributed by atoms with Gasteiger partial charge < -0.3 is 10.2 Å². The molecule has 0 radical (unpaired) electrons. The summed E-state index contributed by atoms with van der Waals surface area (Å²) in [5.74, 6) is 0. The summed E-state index contributed by atoms with van der Waals surface area (Å²) in [6.45, 7) is 13.6. The number of aromatic nitrogens is 1. The number of aliphatic imine (C=N–C) groups is 1. The van der Waals surface area contributed by atoms with E-state index in [0.717, 1.165) is 46.9 Å². The lowest BCUT2D eigenvalue weighted by Crippen LogP contribution is -2.20. The van der Waals surface area contributed by atoms with Crippen LogP contribution in [0.2, 0.25) is 0 Å². The van der Waals surface area contributed by atoms with Crippen LogP contribution in [-0.4, -0.2) is 43.1 Å². The summed E-state index contributed by atoms with van der Waals surface area (Å²) in [5.41, 5.74) is 6.90. The van der Waals surface area contributed by atoms with Crippen molar-refractivity contribution in [3.05, 3.63) is 62.8 Å². The maximum atomic E-state index is 11.7. The molecule has 1 aromatic heterocycles. The summed E-state index contributed by atoms with van der Waals surface area (Å²) < 4.78 is 0. The third-order valence-corrected chi connectivity index (χ3v) is 6.22. The van der Waals surface area contributed by atoms with E-state index >= 15 is 0 Å². The molecule has 1 aromatic carbocycles. The first-order valence-corrected chi connectivity index (χ1v) is 11.8. The summed E-state index contributed by atoms with van der Waals surface area (Å²) in [7, 11) is 3.91. The quantitative estimate of drug-likeness (QED) is 0.174. The Morgan fingerprint density at radius 2 is 1.94 bits per heavy atom. The molecule has 1 N–H and O–H groups in total. The molecule has 6 heteroatoms. The fourth-order valence-electron chi connectivity index (χ4n) is 3.19. The molecule has 0 aliphatic heterocycles. The van der Waals surface area contributed by atoms with Crippen molar-refractivity contribution in [2.75, 3.05) is 20.6 Å². The Morgan fingerprint density at radius 1 is 1.22 bits per heavy atom. The first-order chi connectivity index (χ1) is 15.1. The lowest BCUT2D eigenvalue weighted by atomic mass is 9.91. The highest BCUT2D eigenvalue weighted by Crippen LogP contribution is 2.27. The second kappa shape index (κ2) is 11.2. The molecule has 0 spiro atoms. The Hall–Kier alpha value is -2.73. The van der Waals surface area contributed by atoms with E-state index in [4.69, 9.17) is 4.98 Å². The smallest absolute Gasteiger partial charge is 0.152 e. The van der Waals surface area contributed by atoms with Crippen LogP contribution in [0.15, 0.2) is 40.4 Å². The van der Waals surface area contributed by atoms with E-state index in [2.05, 4.69) is 64.0 Å². The second-order valence-electron chi connectivity index (χ2n) is 9.01. The van der Waals surface area contributed by atoms with Crippen molar-refractivity contribution >= 4 is 35.2 Å². The summed E-state index contributed by atoms with van der Waals surface area (Å²) in [4.78, 5) is 23.1. The van der Waals surface area contributed by atoms with Gasteiger partial charge in [-0.1, -0.05) is 26.8 Å². The first kappa shape index (κ1) is 25.5. The Bertz CT molecular complexity index is 1020. The molecule has 0 aliphatic rings. The van der Waals surface area contributed by atoms with E-state index in [-0.39, 0.29) is 5.41 Å². The van der Waals surface area contributed by atoms with Gasteiger partial charge >= 0.3 is 0 Å². The first-order valence-electron chi connectivity index (χ1n) is 10.9. The molecule has 0 saturated heterocycles. The van der Waals surface area contributed by atoms with Crippen molar-refractivity contribution < 1.29 is 4.79 Å². The van der Waals surface area contributed by atoms with Crippen LogP contribution in [0, 0.1) is 19.3 Å². The Labute approximate surface area is 197 Å². The van der Waals surface area contributed by atoms with Crippen LogP contribution in [0.3, 0.4) is 0 Å². The number of thiazole rings is 1. The molecule has 5 nitrogen and oxygen atoms in total. The van der Waals surface area contributed by atoms with Crippen molar-refractivity contribution in [2.24, 2.45) is 10.4 Å². The van der Waals surface area contributed by atoms with Crippen LogP contribution < -0.4 is 5.32 Å². The fourth-order valence-corrected chi connectivity index (χ4v) is 4.01. The largest absolute Gasteiger partial charge is 0.391 e. The molecule has 2 aromatic rings. The van der Waals surface area contributed by atoms with E-state index in [9.17, 15) is 4.79 Å². The van der Waals surface area contributed by atoms with Crippen LogP contribution in [0.4, 0.5) is 5.69 Å². The zero-order chi connectivity index (χ0) is 23.9. The van der Waals surface area contributed by atoms with Gasteiger partial charge in [-0.25, -0.2) is 9.98 Å². The molecule has 0 fully saturated rings. The zero-order valence-electron chi connectivity index (χ0n) is 20.6. The zero-order valence-corrected chi connectivity index (χ0v) is 21.4. The molecular weight excluding hydrogens is 416 g/mol. The Balaban J connectivity index is 2.25. The maximum Gasteiger partial charge on any atom is 0.152 e. The normalized spacial score (nSPS) is 13.0. The van der Waals surface area contributed by atoms with Gasteiger partial charge in [-0.2, -0.15) is 0 Å². The van der Waals surface area contributed by atoms with E-state index in [1.165, 1.54) is 11.1 Å². The molecule has 1 heterocycles. The number of aldehydes is 1. The van der Waals surface area contributed by atoms with Crippen molar-refractivity contribution in [1.82, 2.24) is 15.2 Å². The summed E-state index contributed by atoms with van der Waals surface area (Å²) in [6.07, 6.45) is 7.29. The number of hydrogen-bond donors (Lipinski definition) is 1. The number of nitrogens with one attached hydrogen (secondary N) is 1. The standard InChI is InChI=1S/C26H36N4OS/c1-9-30(8)17-28-22-13-18(2)21(12-19(22)3)14-25-29-23(16-32-25)20(15-31)10-11-24(27-7)26(4,5)6/h10-13,15-17,27H,9,14H2,1-8H3/b20-10+,24-11-,28-17?. The minimum Gasteiger partial charge on any atom is -0.391 e. The number of hydrogen-bond acceptors (Lipinski definition) is 5. The summed E-state index contributed by atoms with van der Waals surface area (Å²) in [6, 6.07) is 4.32. The van der Waals surface area contributed by atoms with Gasteiger partial charge in [0.05, 0.1) is 22.7 Å². The molecule has 0 saturated carbocycles. The number of allylic oxidation sites excluding steroid dienone is 4. The van der Waals surface area contributed by atoms with Crippen LogP contribution >= 0.6 is 11.3 Å². The molecule has 2 rings (SSSR count). The van der Waals surface area contributed by atoms with E-state index in [0.29, 0.717) is 5.57 Å². The highest BCUT2D eigenvalue weighted by molar-refractivity contribution is 7.09. The Kier molecular flexibility index (Phi) is 8.96. The van der Waals surface area contributed by atoms with Crippen LogP contribution in [-0.2, 0) is 11.2 Å². The third-order valence-electron chi connectivity index (χ3n) is 5.37. The number of carbonyl (C=O) groups is 1. The van der Waals surface area contributed by atoms with Crippen LogP contribution in [0.1, 0.15) is 55.1 Å².